The summed E-state index contributed by atoms with van der Waals surface area (Å²) in [5.74, 6) is 1.04. The lowest BCUT2D eigenvalue weighted by Crippen LogP contribution is -2.07. The van der Waals surface area contributed by atoms with Crippen LogP contribution >= 0.6 is 11.3 Å². The Hall–Kier alpha value is -3.58. The number of hydrogen-bond acceptors (Lipinski definition) is 5. The maximum Gasteiger partial charge on any atom is 0.248 e. The van der Waals surface area contributed by atoms with Gasteiger partial charge in [-0.05, 0) is 42.8 Å². The number of aryl methyl sites for hydroxylation is 1. The maximum atomic E-state index is 12.4. The zero-order chi connectivity index (χ0) is 21.1. The van der Waals surface area contributed by atoms with Gasteiger partial charge in [-0.3, -0.25) is 9.20 Å². The van der Waals surface area contributed by atoms with Crippen LogP contribution in [-0.4, -0.2) is 29.5 Å². The van der Waals surface area contributed by atoms with Crippen LogP contribution in [0.25, 0.3) is 22.3 Å². The van der Waals surface area contributed by atoms with Crippen molar-refractivity contribution in [1.29, 1.82) is 0 Å². The van der Waals surface area contributed by atoms with Gasteiger partial charge in [0.1, 0.15) is 0 Å². The first kappa shape index (κ1) is 19.7. The number of fused-ring (bicyclic) bond motifs is 1. The number of hydrogen-bond donors (Lipinski definition) is 1. The fourth-order valence-electron chi connectivity index (χ4n) is 3.12. The first-order valence-corrected chi connectivity index (χ1v) is 10.1. The molecule has 0 fully saturated rings. The molecule has 30 heavy (non-hydrogen) atoms. The molecule has 2 aromatic carbocycles. The van der Waals surface area contributed by atoms with Crippen molar-refractivity contribution in [1.82, 2.24) is 9.38 Å². The Morgan fingerprint density at radius 1 is 1.10 bits per heavy atom. The van der Waals surface area contributed by atoms with Gasteiger partial charge in [0.25, 0.3) is 0 Å². The first-order valence-electron chi connectivity index (χ1n) is 9.32. The Labute approximate surface area is 178 Å². The van der Waals surface area contributed by atoms with Crippen LogP contribution in [-0.2, 0) is 4.79 Å². The van der Waals surface area contributed by atoms with E-state index in [4.69, 9.17) is 9.47 Å². The molecule has 4 rings (SSSR count). The van der Waals surface area contributed by atoms with Crippen LogP contribution in [0.2, 0.25) is 0 Å². The van der Waals surface area contributed by atoms with Gasteiger partial charge in [0.05, 0.1) is 19.9 Å². The van der Waals surface area contributed by atoms with E-state index in [-0.39, 0.29) is 5.91 Å². The Morgan fingerprint density at radius 3 is 2.70 bits per heavy atom. The zero-order valence-corrected chi connectivity index (χ0v) is 17.7. The van der Waals surface area contributed by atoms with Crippen molar-refractivity contribution in [3.63, 3.8) is 0 Å². The lowest BCUT2D eigenvalue weighted by Gasteiger charge is -2.07. The van der Waals surface area contributed by atoms with Crippen LogP contribution in [0.1, 0.15) is 10.4 Å². The van der Waals surface area contributed by atoms with Gasteiger partial charge in [-0.25, -0.2) is 4.98 Å². The summed E-state index contributed by atoms with van der Waals surface area (Å²) in [6.45, 7) is 2.06. The minimum absolute atomic E-state index is 0.219. The van der Waals surface area contributed by atoms with Crippen LogP contribution in [0, 0.1) is 6.92 Å². The largest absolute Gasteiger partial charge is 0.493 e. The highest BCUT2D eigenvalue weighted by molar-refractivity contribution is 7.17. The van der Waals surface area contributed by atoms with E-state index in [1.165, 1.54) is 11.0 Å². The molecule has 7 heteroatoms. The zero-order valence-electron chi connectivity index (χ0n) is 16.9. The smallest absolute Gasteiger partial charge is 0.248 e. The molecule has 0 radical (unpaired) electrons. The Balaban J connectivity index is 1.47. The molecular weight excluding hydrogens is 398 g/mol. The van der Waals surface area contributed by atoms with Gasteiger partial charge in [0, 0.05) is 34.6 Å². The Kier molecular flexibility index (Phi) is 5.54. The van der Waals surface area contributed by atoms with Crippen LogP contribution in [0.4, 0.5) is 5.69 Å². The van der Waals surface area contributed by atoms with Gasteiger partial charge >= 0.3 is 0 Å². The summed E-state index contributed by atoms with van der Waals surface area (Å²) in [5, 5.41) is 2.90. The number of aromatic nitrogens is 2. The molecule has 0 saturated heterocycles. The normalized spacial score (nSPS) is 11.2. The van der Waals surface area contributed by atoms with Gasteiger partial charge in [0.15, 0.2) is 16.5 Å². The quantitative estimate of drug-likeness (QED) is 0.445. The van der Waals surface area contributed by atoms with E-state index >= 15 is 0 Å². The standard InChI is InChI=1S/C23H21N3O3S/c1-15-13-26-14-19(25-23(26)30-15)17-5-4-6-18(12-17)24-22(27)10-8-16-7-9-20(28-2)21(11-16)29-3/h4-14H,1-3H3,(H,24,27)/b10-8+. The summed E-state index contributed by atoms with van der Waals surface area (Å²) in [5.41, 5.74) is 3.37. The van der Waals surface area contributed by atoms with Crippen molar-refractivity contribution in [3.8, 4) is 22.8 Å². The number of nitrogens with zero attached hydrogens (tertiary/aromatic N) is 2. The van der Waals surface area contributed by atoms with E-state index < -0.39 is 0 Å². The van der Waals surface area contributed by atoms with E-state index in [0.717, 1.165) is 21.8 Å². The molecule has 0 atom stereocenters. The van der Waals surface area contributed by atoms with Gasteiger partial charge in [0.2, 0.25) is 5.91 Å². The van der Waals surface area contributed by atoms with Gasteiger partial charge in [-0.1, -0.05) is 18.2 Å². The second kappa shape index (κ2) is 8.42. The molecule has 0 bridgehead atoms. The molecule has 0 aliphatic carbocycles. The Morgan fingerprint density at radius 2 is 1.93 bits per heavy atom. The summed E-state index contributed by atoms with van der Waals surface area (Å²) < 4.78 is 12.5. The van der Waals surface area contributed by atoms with Gasteiger partial charge in [-0.15, -0.1) is 11.3 Å². The summed E-state index contributed by atoms with van der Waals surface area (Å²) in [7, 11) is 3.17. The summed E-state index contributed by atoms with van der Waals surface area (Å²) in [6.07, 6.45) is 7.27. The number of carbonyl (C=O) groups is 1. The third kappa shape index (κ3) is 4.21. The average Bonchev–Trinajstić information content (AvgIpc) is 3.29. The van der Waals surface area contributed by atoms with Crippen molar-refractivity contribution in [2.24, 2.45) is 0 Å². The highest BCUT2D eigenvalue weighted by atomic mass is 32.1. The topological polar surface area (TPSA) is 64.9 Å². The molecule has 0 aliphatic rings. The second-order valence-electron chi connectivity index (χ2n) is 6.68. The Bertz CT molecular complexity index is 1210. The SMILES string of the molecule is COc1ccc(/C=C/C(=O)Nc2cccc(-c3cn4cc(C)sc4n3)c2)cc1OC. The highest BCUT2D eigenvalue weighted by Gasteiger charge is 2.08. The molecule has 4 aromatic rings. The maximum absolute atomic E-state index is 12.4. The monoisotopic (exact) mass is 419 g/mol. The number of imidazole rings is 1. The van der Waals surface area contributed by atoms with E-state index in [9.17, 15) is 4.79 Å². The average molecular weight is 420 g/mol. The number of carbonyl (C=O) groups excluding carboxylic acids is 1. The second-order valence-corrected chi connectivity index (χ2v) is 7.89. The molecule has 0 spiro atoms. The minimum Gasteiger partial charge on any atom is -0.493 e. The minimum atomic E-state index is -0.219. The summed E-state index contributed by atoms with van der Waals surface area (Å²) in [4.78, 5) is 19.2. The van der Waals surface area contributed by atoms with E-state index in [1.54, 1.807) is 37.7 Å². The molecule has 2 heterocycles. The van der Waals surface area contributed by atoms with E-state index in [1.807, 2.05) is 47.0 Å². The molecule has 152 valence electrons. The fourth-order valence-corrected chi connectivity index (χ4v) is 3.93. The predicted molar refractivity (Wildman–Crippen MR) is 120 cm³/mol. The van der Waals surface area contributed by atoms with Crippen molar-refractivity contribution >= 4 is 34.0 Å². The predicted octanol–water partition coefficient (Wildman–Crippen LogP) is 5.04. The molecule has 1 amide bonds. The molecule has 2 aromatic heterocycles. The van der Waals surface area contributed by atoms with E-state index in [0.29, 0.717) is 17.2 Å². The third-order valence-electron chi connectivity index (χ3n) is 4.53. The first-order chi connectivity index (χ1) is 14.6. The lowest BCUT2D eigenvalue weighted by atomic mass is 10.1. The van der Waals surface area contributed by atoms with Gasteiger partial charge in [-0.2, -0.15) is 0 Å². The molecular formula is C23H21N3O3S. The van der Waals surface area contributed by atoms with Gasteiger partial charge < -0.3 is 14.8 Å². The number of benzene rings is 2. The molecule has 0 saturated carbocycles. The van der Waals surface area contributed by atoms with Crippen LogP contribution in [0.3, 0.4) is 0 Å². The lowest BCUT2D eigenvalue weighted by molar-refractivity contribution is -0.111. The number of amides is 1. The van der Waals surface area contributed by atoms with Crippen molar-refractivity contribution in [2.45, 2.75) is 6.92 Å². The summed E-state index contributed by atoms with van der Waals surface area (Å²) >= 11 is 1.65. The number of nitrogens with one attached hydrogen (secondary N) is 1. The number of anilines is 1. The molecule has 0 unspecified atom stereocenters. The van der Waals surface area contributed by atoms with E-state index in [2.05, 4.69) is 23.4 Å². The van der Waals surface area contributed by atoms with Crippen molar-refractivity contribution in [2.75, 3.05) is 19.5 Å². The number of methoxy groups -OCH3 is 2. The molecule has 1 N–H and O–H groups in total. The summed E-state index contributed by atoms with van der Waals surface area (Å²) in [6, 6.07) is 13.1. The van der Waals surface area contributed by atoms with Crippen molar-refractivity contribution in [3.05, 3.63) is 71.4 Å². The number of thiazole rings is 1. The fraction of sp³-hybridized carbons (Fsp3) is 0.130. The highest BCUT2D eigenvalue weighted by Crippen LogP contribution is 2.28. The van der Waals surface area contributed by atoms with Crippen LogP contribution < -0.4 is 14.8 Å². The van der Waals surface area contributed by atoms with Crippen molar-refractivity contribution < 1.29 is 14.3 Å². The third-order valence-corrected chi connectivity index (χ3v) is 5.44. The molecule has 0 aliphatic heterocycles. The van der Waals surface area contributed by atoms with Crippen LogP contribution in [0.15, 0.2) is 60.9 Å². The molecule has 6 nitrogen and oxygen atoms in total. The van der Waals surface area contributed by atoms with Crippen LogP contribution in [0.5, 0.6) is 11.5 Å². The number of ether oxygens (including phenoxy) is 2. The number of rotatable bonds is 6.